The summed E-state index contributed by atoms with van der Waals surface area (Å²) in [6.07, 6.45) is 0.723. The van der Waals surface area contributed by atoms with Crippen molar-refractivity contribution in [3.63, 3.8) is 0 Å². The molecule has 3 aromatic rings. The predicted molar refractivity (Wildman–Crippen MR) is 140 cm³/mol. The Labute approximate surface area is 215 Å². The van der Waals surface area contributed by atoms with E-state index < -0.39 is 5.60 Å². The molecule has 2 aromatic carbocycles. The largest absolute Gasteiger partial charge is 0.367 e. The lowest BCUT2D eigenvalue weighted by molar-refractivity contribution is -0.0693. The first kappa shape index (κ1) is 25.0. The number of aromatic nitrogens is 1. The van der Waals surface area contributed by atoms with Crippen molar-refractivity contribution in [2.24, 2.45) is 0 Å². The molecule has 0 saturated carbocycles. The van der Waals surface area contributed by atoms with Crippen LogP contribution in [0.2, 0.25) is 15.1 Å². The zero-order valence-electron chi connectivity index (χ0n) is 19.8. The number of ether oxygens (including phenoxy) is 1. The minimum atomic E-state index is -0.476. The molecule has 0 aliphatic carbocycles. The van der Waals surface area contributed by atoms with Crippen molar-refractivity contribution in [2.75, 3.05) is 0 Å². The fourth-order valence-corrected chi connectivity index (χ4v) is 5.22. The maximum Gasteiger partial charge on any atom is 0.253 e. The van der Waals surface area contributed by atoms with E-state index in [0.717, 1.165) is 23.1 Å². The van der Waals surface area contributed by atoms with Gasteiger partial charge in [0.1, 0.15) is 0 Å². The molecule has 4 nitrogen and oxygen atoms in total. The summed E-state index contributed by atoms with van der Waals surface area (Å²) < 4.78 is 6.15. The summed E-state index contributed by atoms with van der Waals surface area (Å²) in [5.74, 6) is -0.187. The number of hydrogen-bond acceptors (Lipinski definition) is 3. The molecule has 1 saturated heterocycles. The standard InChI is InChI=1S/C27H27Cl3N2O2/c1-15-20(25(33)32-23-14-26(2,3)34-27(23,4)5)13-21(16-6-8-17(28)9-7-16)24(31-15)19-11-10-18(29)12-22(19)30/h6-13,23H,14H2,1-5H3,(H,32,33). The highest BCUT2D eigenvalue weighted by molar-refractivity contribution is 6.36. The summed E-state index contributed by atoms with van der Waals surface area (Å²) in [6.45, 7) is 9.91. The first-order chi connectivity index (χ1) is 15.9. The van der Waals surface area contributed by atoms with E-state index in [4.69, 9.17) is 44.5 Å². The number of pyridine rings is 1. The van der Waals surface area contributed by atoms with Gasteiger partial charge in [-0.1, -0.05) is 46.9 Å². The molecule has 2 heterocycles. The van der Waals surface area contributed by atoms with E-state index in [2.05, 4.69) is 5.32 Å². The van der Waals surface area contributed by atoms with Gasteiger partial charge in [0.15, 0.2) is 0 Å². The van der Waals surface area contributed by atoms with E-state index >= 15 is 0 Å². The number of carbonyl (C=O) groups is 1. The van der Waals surface area contributed by atoms with Gasteiger partial charge in [0.25, 0.3) is 5.91 Å². The lowest BCUT2D eigenvalue weighted by Crippen LogP contribution is -2.46. The van der Waals surface area contributed by atoms with Crippen molar-refractivity contribution in [3.8, 4) is 22.4 Å². The second-order valence-corrected chi connectivity index (χ2v) is 11.1. The van der Waals surface area contributed by atoms with Gasteiger partial charge in [0, 0.05) is 21.2 Å². The zero-order chi connectivity index (χ0) is 24.8. The number of amides is 1. The number of nitrogens with zero attached hydrogens (tertiary/aromatic N) is 1. The Balaban J connectivity index is 1.80. The highest BCUT2D eigenvalue weighted by atomic mass is 35.5. The molecule has 1 amide bonds. The average molecular weight is 518 g/mol. The van der Waals surface area contributed by atoms with Gasteiger partial charge in [-0.2, -0.15) is 0 Å². The van der Waals surface area contributed by atoms with E-state index in [1.54, 1.807) is 12.1 Å². The first-order valence-corrected chi connectivity index (χ1v) is 12.2. The Morgan fingerprint density at radius 2 is 1.62 bits per heavy atom. The predicted octanol–water partition coefficient (Wildman–Crippen LogP) is 7.76. The first-order valence-electron chi connectivity index (χ1n) is 11.1. The number of nitrogens with one attached hydrogen (secondary N) is 1. The molecule has 4 rings (SSSR count). The summed E-state index contributed by atoms with van der Waals surface area (Å²) >= 11 is 18.8. The fourth-order valence-electron chi connectivity index (χ4n) is 4.59. The lowest BCUT2D eigenvalue weighted by atomic mass is 9.93. The molecule has 1 aromatic heterocycles. The Morgan fingerprint density at radius 3 is 2.21 bits per heavy atom. The van der Waals surface area contributed by atoms with Crippen LogP contribution in [0.5, 0.6) is 0 Å². The van der Waals surface area contributed by atoms with Crippen LogP contribution >= 0.6 is 34.8 Å². The second-order valence-electron chi connectivity index (χ2n) is 9.84. The van der Waals surface area contributed by atoms with Gasteiger partial charge in [0.2, 0.25) is 0 Å². The minimum absolute atomic E-state index is 0.126. The molecule has 1 atom stereocenters. The van der Waals surface area contributed by atoms with E-state index in [1.165, 1.54) is 0 Å². The van der Waals surface area contributed by atoms with Gasteiger partial charge in [0.05, 0.1) is 39.2 Å². The molecular formula is C27H27Cl3N2O2. The van der Waals surface area contributed by atoms with Crippen LogP contribution in [0.15, 0.2) is 48.5 Å². The fraction of sp³-hybridized carbons (Fsp3) is 0.333. The van der Waals surface area contributed by atoms with Crippen LogP contribution in [-0.4, -0.2) is 28.1 Å². The van der Waals surface area contributed by atoms with E-state index in [-0.39, 0.29) is 17.6 Å². The van der Waals surface area contributed by atoms with Crippen LogP contribution in [0.3, 0.4) is 0 Å². The number of carbonyl (C=O) groups excluding carboxylic acids is 1. The molecule has 0 spiro atoms. The van der Waals surface area contributed by atoms with Crippen molar-refractivity contribution in [1.82, 2.24) is 10.3 Å². The van der Waals surface area contributed by atoms with Crippen LogP contribution in [0.1, 0.15) is 50.2 Å². The zero-order valence-corrected chi connectivity index (χ0v) is 22.1. The summed E-state index contributed by atoms with van der Waals surface area (Å²) in [5.41, 5.74) is 3.37. The van der Waals surface area contributed by atoms with Crippen molar-refractivity contribution in [2.45, 2.75) is 58.3 Å². The van der Waals surface area contributed by atoms with Crippen LogP contribution in [0.4, 0.5) is 0 Å². The second kappa shape index (κ2) is 9.16. The van der Waals surface area contributed by atoms with E-state index in [1.807, 2.05) is 71.0 Å². The normalized spacial score (nSPS) is 18.6. The third-order valence-electron chi connectivity index (χ3n) is 6.18. The molecule has 1 N–H and O–H groups in total. The molecule has 1 fully saturated rings. The molecule has 7 heteroatoms. The van der Waals surface area contributed by atoms with Crippen LogP contribution < -0.4 is 5.32 Å². The molecule has 1 unspecified atom stereocenters. The van der Waals surface area contributed by atoms with E-state index in [0.29, 0.717) is 32.0 Å². The van der Waals surface area contributed by atoms with Gasteiger partial charge < -0.3 is 10.1 Å². The van der Waals surface area contributed by atoms with Crippen molar-refractivity contribution in [3.05, 3.63) is 74.9 Å². The molecule has 34 heavy (non-hydrogen) atoms. The highest BCUT2D eigenvalue weighted by Gasteiger charge is 2.46. The Kier molecular flexibility index (Phi) is 6.73. The minimum Gasteiger partial charge on any atom is -0.367 e. The average Bonchev–Trinajstić information content (AvgIpc) is 2.94. The Bertz CT molecular complexity index is 1250. The smallest absolute Gasteiger partial charge is 0.253 e. The van der Waals surface area contributed by atoms with Crippen LogP contribution in [-0.2, 0) is 4.74 Å². The molecule has 1 aliphatic rings. The number of aryl methyl sites for hydroxylation is 1. The SMILES string of the molecule is Cc1nc(-c2ccc(Cl)cc2Cl)c(-c2ccc(Cl)cc2)cc1C(=O)NC1CC(C)(C)OC1(C)C. The van der Waals surface area contributed by atoms with Crippen LogP contribution in [0, 0.1) is 6.92 Å². The summed E-state index contributed by atoms with van der Waals surface area (Å²) in [6, 6.07) is 14.5. The topological polar surface area (TPSA) is 51.2 Å². The lowest BCUT2D eigenvalue weighted by Gasteiger charge is -2.28. The summed E-state index contributed by atoms with van der Waals surface area (Å²) in [7, 11) is 0. The summed E-state index contributed by atoms with van der Waals surface area (Å²) in [5, 5.41) is 4.83. The quantitative estimate of drug-likeness (QED) is 0.385. The Morgan fingerprint density at radius 1 is 0.971 bits per heavy atom. The molecular weight excluding hydrogens is 491 g/mol. The molecule has 1 aliphatic heterocycles. The molecule has 0 radical (unpaired) electrons. The van der Waals surface area contributed by atoms with Gasteiger partial charge in [-0.05, 0) is 83.0 Å². The monoisotopic (exact) mass is 516 g/mol. The van der Waals surface area contributed by atoms with Gasteiger partial charge in [-0.3, -0.25) is 9.78 Å². The van der Waals surface area contributed by atoms with Crippen molar-refractivity contribution >= 4 is 40.7 Å². The van der Waals surface area contributed by atoms with Gasteiger partial charge in [-0.15, -0.1) is 0 Å². The number of benzene rings is 2. The third-order valence-corrected chi connectivity index (χ3v) is 6.98. The Hall–Kier alpha value is -2.11. The number of hydrogen-bond donors (Lipinski definition) is 1. The molecule has 0 bridgehead atoms. The van der Waals surface area contributed by atoms with E-state index in [9.17, 15) is 4.79 Å². The highest BCUT2D eigenvalue weighted by Crippen LogP contribution is 2.39. The van der Waals surface area contributed by atoms with Gasteiger partial charge in [-0.25, -0.2) is 0 Å². The third kappa shape index (κ3) is 5.11. The van der Waals surface area contributed by atoms with Crippen molar-refractivity contribution < 1.29 is 9.53 Å². The number of rotatable bonds is 4. The maximum atomic E-state index is 13.4. The van der Waals surface area contributed by atoms with Crippen LogP contribution in [0.25, 0.3) is 22.4 Å². The molecule has 178 valence electrons. The van der Waals surface area contributed by atoms with Crippen molar-refractivity contribution in [1.29, 1.82) is 0 Å². The van der Waals surface area contributed by atoms with Gasteiger partial charge >= 0.3 is 0 Å². The maximum absolute atomic E-state index is 13.4. The summed E-state index contributed by atoms with van der Waals surface area (Å²) in [4.78, 5) is 18.3. The number of halogens is 3.